The number of nitrogens with zero attached hydrogens (tertiary/aromatic N) is 2. The summed E-state index contributed by atoms with van der Waals surface area (Å²) in [4.78, 5) is 4.60. The molecule has 2 rings (SSSR count). The van der Waals surface area contributed by atoms with Gasteiger partial charge in [-0.2, -0.15) is 0 Å². The molecule has 2 fully saturated rings. The van der Waals surface area contributed by atoms with E-state index in [2.05, 4.69) is 9.80 Å². The molecule has 1 aliphatic heterocycles. The molecule has 0 amide bonds. The number of hydrogen-bond donors (Lipinski definition) is 3. The smallest absolute Gasteiger partial charge is 0.164 e. The van der Waals surface area contributed by atoms with Gasteiger partial charge >= 0.3 is 0 Å². The molecule has 0 aromatic heterocycles. The van der Waals surface area contributed by atoms with E-state index in [0.29, 0.717) is 12.6 Å². The molecule has 0 spiro atoms. The first-order valence-corrected chi connectivity index (χ1v) is 6.70. The molecule has 2 aliphatic rings. The maximum absolute atomic E-state index is 8.92. The van der Waals surface area contributed by atoms with Gasteiger partial charge in [0, 0.05) is 45.3 Å². The van der Waals surface area contributed by atoms with Gasteiger partial charge in [0.1, 0.15) is 0 Å². The summed E-state index contributed by atoms with van der Waals surface area (Å²) >= 11 is 0. The third kappa shape index (κ3) is 4.19. The van der Waals surface area contributed by atoms with E-state index in [1.54, 1.807) is 0 Å². The SMILES string of the molecule is NC1CCC(CN2CCN(CC(O)O)CC2)C1. The van der Waals surface area contributed by atoms with Crippen LogP contribution in [0.3, 0.4) is 0 Å². The average Bonchev–Trinajstić information content (AvgIpc) is 2.66. The fourth-order valence-corrected chi connectivity index (χ4v) is 3.03. The Labute approximate surface area is 103 Å². The molecule has 1 heterocycles. The summed E-state index contributed by atoms with van der Waals surface area (Å²) in [5.74, 6) is 0.778. The standard InChI is InChI=1S/C12H25N3O2/c13-11-2-1-10(7-11)8-14-3-5-15(6-4-14)9-12(16)17/h10-12,16-17H,1-9,13H2. The normalized spacial score (nSPS) is 32.5. The summed E-state index contributed by atoms with van der Waals surface area (Å²) in [5, 5.41) is 17.8. The summed E-state index contributed by atoms with van der Waals surface area (Å²) in [7, 11) is 0. The summed E-state index contributed by atoms with van der Waals surface area (Å²) in [5.41, 5.74) is 5.92. The van der Waals surface area contributed by atoms with E-state index in [-0.39, 0.29) is 0 Å². The Morgan fingerprint density at radius 1 is 1.06 bits per heavy atom. The lowest BCUT2D eigenvalue weighted by Crippen LogP contribution is -2.49. The van der Waals surface area contributed by atoms with Crippen LogP contribution in [0.2, 0.25) is 0 Å². The molecule has 0 aromatic carbocycles. The monoisotopic (exact) mass is 243 g/mol. The highest BCUT2D eigenvalue weighted by Gasteiger charge is 2.25. The number of piperazine rings is 1. The summed E-state index contributed by atoms with van der Waals surface area (Å²) in [6.07, 6.45) is 2.43. The Kier molecular flexibility index (Phi) is 4.76. The summed E-state index contributed by atoms with van der Waals surface area (Å²) in [6.45, 7) is 5.51. The van der Waals surface area contributed by atoms with Crippen LogP contribution in [0, 0.1) is 5.92 Å². The van der Waals surface area contributed by atoms with Crippen molar-refractivity contribution in [1.82, 2.24) is 9.80 Å². The largest absolute Gasteiger partial charge is 0.367 e. The lowest BCUT2D eigenvalue weighted by Gasteiger charge is -2.36. The van der Waals surface area contributed by atoms with Crippen LogP contribution in [0.5, 0.6) is 0 Å². The molecule has 0 bridgehead atoms. The van der Waals surface area contributed by atoms with Crippen LogP contribution in [0.25, 0.3) is 0 Å². The van der Waals surface area contributed by atoms with Crippen LogP contribution >= 0.6 is 0 Å². The molecule has 17 heavy (non-hydrogen) atoms. The van der Waals surface area contributed by atoms with Crippen molar-refractivity contribution in [3.63, 3.8) is 0 Å². The predicted molar refractivity (Wildman–Crippen MR) is 66.4 cm³/mol. The Morgan fingerprint density at radius 3 is 2.24 bits per heavy atom. The molecule has 5 nitrogen and oxygen atoms in total. The second kappa shape index (κ2) is 6.11. The van der Waals surface area contributed by atoms with Crippen molar-refractivity contribution in [2.75, 3.05) is 39.3 Å². The Balaban J connectivity index is 1.65. The maximum Gasteiger partial charge on any atom is 0.164 e. The summed E-state index contributed by atoms with van der Waals surface area (Å²) in [6, 6.07) is 0.422. The molecule has 0 radical (unpaired) electrons. The van der Waals surface area contributed by atoms with Crippen molar-refractivity contribution in [1.29, 1.82) is 0 Å². The van der Waals surface area contributed by atoms with Gasteiger partial charge in [-0.25, -0.2) is 0 Å². The van der Waals surface area contributed by atoms with Gasteiger partial charge in [0.2, 0.25) is 0 Å². The van der Waals surface area contributed by atoms with Gasteiger partial charge < -0.3 is 20.8 Å². The van der Waals surface area contributed by atoms with E-state index in [1.165, 1.54) is 25.8 Å². The van der Waals surface area contributed by atoms with Gasteiger partial charge in [-0.1, -0.05) is 0 Å². The van der Waals surface area contributed by atoms with Crippen LogP contribution in [-0.2, 0) is 0 Å². The fraction of sp³-hybridized carbons (Fsp3) is 1.00. The van der Waals surface area contributed by atoms with Gasteiger partial charge in [0.25, 0.3) is 0 Å². The molecule has 2 unspecified atom stereocenters. The van der Waals surface area contributed by atoms with Gasteiger partial charge in [-0.15, -0.1) is 0 Å². The number of rotatable bonds is 4. The first-order valence-electron chi connectivity index (χ1n) is 6.70. The van der Waals surface area contributed by atoms with Crippen LogP contribution in [0.15, 0.2) is 0 Å². The molecule has 2 atom stereocenters. The van der Waals surface area contributed by atoms with E-state index in [9.17, 15) is 0 Å². The minimum absolute atomic E-state index is 0.377. The third-order valence-electron chi connectivity index (χ3n) is 3.98. The minimum atomic E-state index is -1.20. The van der Waals surface area contributed by atoms with E-state index in [0.717, 1.165) is 32.1 Å². The number of hydrogen-bond acceptors (Lipinski definition) is 5. The lowest BCUT2D eigenvalue weighted by molar-refractivity contribution is -0.0675. The lowest BCUT2D eigenvalue weighted by atomic mass is 10.1. The number of aliphatic hydroxyl groups is 2. The van der Waals surface area contributed by atoms with Crippen LogP contribution in [0.1, 0.15) is 19.3 Å². The molecule has 100 valence electrons. The van der Waals surface area contributed by atoms with Crippen LogP contribution in [-0.4, -0.2) is 71.6 Å². The molecule has 4 N–H and O–H groups in total. The van der Waals surface area contributed by atoms with Crippen molar-refractivity contribution < 1.29 is 10.2 Å². The van der Waals surface area contributed by atoms with Crippen molar-refractivity contribution in [2.24, 2.45) is 11.7 Å². The second-order valence-electron chi connectivity index (χ2n) is 5.52. The first kappa shape index (κ1) is 13.2. The van der Waals surface area contributed by atoms with Gasteiger partial charge in [-0.05, 0) is 25.2 Å². The van der Waals surface area contributed by atoms with E-state index in [4.69, 9.17) is 15.9 Å². The highest BCUT2D eigenvalue weighted by Crippen LogP contribution is 2.25. The van der Waals surface area contributed by atoms with Crippen molar-refractivity contribution in [2.45, 2.75) is 31.6 Å². The van der Waals surface area contributed by atoms with E-state index >= 15 is 0 Å². The minimum Gasteiger partial charge on any atom is -0.367 e. The molecular weight excluding hydrogens is 218 g/mol. The second-order valence-corrected chi connectivity index (χ2v) is 5.52. The Morgan fingerprint density at radius 2 is 1.71 bits per heavy atom. The zero-order chi connectivity index (χ0) is 12.3. The number of β-amino-alcohol motifs (C(OH)–C–C–N with tert-alkyl or cyclic N) is 2. The van der Waals surface area contributed by atoms with Crippen molar-refractivity contribution in [3.8, 4) is 0 Å². The Hall–Kier alpha value is -0.200. The third-order valence-corrected chi connectivity index (χ3v) is 3.98. The van der Waals surface area contributed by atoms with Crippen molar-refractivity contribution in [3.05, 3.63) is 0 Å². The van der Waals surface area contributed by atoms with E-state index < -0.39 is 6.29 Å². The molecule has 1 saturated heterocycles. The fourth-order valence-electron chi connectivity index (χ4n) is 3.03. The average molecular weight is 243 g/mol. The quantitative estimate of drug-likeness (QED) is 0.555. The first-order chi connectivity index (χ1) is 8.13. The maximum atomic E-state index is 8.92. The van der Waals surface area contributed by atoms with Gasteiger partial charge in [0.05, 0.1) is 0 Å². The Bertz CT molecular complexity index is 230. The zero-order valence-corrected chi connectivity index (χ0v) is 10.5. The molecule has 5 heteroatoms. The topological polar surface area (TPSA) is 73.0 Å². The van der Waals surface area contributed by atoms with Gasteiger partial charge in [0.15, 0.2) is 6.29 Å². The highest BCUT2D eigenvalue weighted by atomic mass is 16.5. The molecule has 0 aromatic rings. The van der Waals surface area contributed by atoms with E-state index in [1.807, 2.05) is 0 Å². The number of aliphatic hydroxyl groups excluding tert-OH is 1. The summed E-state index contributed by atoms with van der Waals surface area (Å²) < 4.78 is 0. The molecule has 1 aliphatic carbocycles. The highest BCUT2D eigenvalue weighted by molar-refractivity contribution is 4.82. The molecular formula is C12H25N3O2. The number of nitrogens with two attached hydrogens (primary N) is 1. The van der Waals surface area contributed by atoms with Crippen molar-refractivity contribution >= 4 is 0 Å². The zero-order valence-electron chi connectivity index (χ0n) is 10.5. The molecule has 1 saturated carbocycles. The van der Waals surface area contributed by atoms with Gasteiger partial charge in [-0.3, -0.25) is 4.90 Å². The van der Waals surface area contributed by atoms with Crippen LogP contribution in [0.4, 0.5) is 0 Å². The van der Waals surface area contributed by atoms with Crippen LogP contribution < -0.4 is 5.73 Å². The predicted octanol–water partition coefficient (Wildman–Crippen LogP) is -0.958.